The molecule has 1 atom stereocenters. The number of ether oxygens (including phenoxy) is 1. The van der Waals surface area contributed by atoms with Gasteiger partial charge in [-0.1, -0.05) is 18.2 Å². The average molecular weight is 401 g/mol. The van der Waals surface area contributed by atoms with Gasteiger partial charge in [-0.05, 0) is 39.0 Å². The number of furan rings is 1. The van der Waals surface area contributed by atoms with Crippen LogP contribution >= 0.6 is 0 Å². The number of carbonyl (C=O) groups excluding carboxylic acids is 2. The van der Waals surface area contributed by atoms with Gasteiger partial charge in [0.25, 0.3) is 0 Å². The summed E-state index contributed by atoms with van der Waals surface area (Å²) >= 11 is 0. The Bertz CT molecular complexity index is 1300. The van der Waals surface area contributed by atoms with Crippen molar-refractivity contribution in [2.24, 2.45) is 0 Å². The lowest BCUT2D eigenvalue weighted by Gasteiger charge is -2.12. The number of esters is 1. The first-order chi connectivity index (χ1) is 14.4. The van der Waals surface area contributed by atoms with Crippen LogP contribution in [0.1, 0.15) is 44.7 Å². The van der Waals surface area contributed by atoms with E-state index in [1.165, 1.54) is 6.92 Å². The minimum Gasteiger partial charge on any atom is -0.451 e. The van der Waals surface area contributed by atoms with Gasteiger partial charge in [0.05, 0.1) is 0 Å². The number of Topliss-reactive ketones (excluding diaryl/α,β-unsaturated/α-hetero) is 1. The third-order valence-corrected chi connectivity index (χ3v) is 5.01. The predicted octanol–water partition coefficient (Wildman–Crippen LogP) is 4.47. The zero-order valence-corrected chi connectivity index (χ0v) is 16.7. The number of ketones is 1. The summed E-state index contributed by atoms with van der Waals surface area (Å²) in [4.78, 5) is 29.1. The molecule has 3 aromatic heterocycles. The molecule has 0 aliphatic heterocycles. The molecular weight excluding hydrogens is 382 g/mol. The van der Waals surface area contributed by atoms with Gasteiger partial charge in [0, 0.05) is 34.6 Å². The van der Waals surface area contributed by atoms with Gasteiger partial charge in [-0.2, -0.15) is 5.26 Å². The summed E-state index contributed by atoms with van der Waals surface area (Å²) in [6.07, 6.45) is 2.38. The van der Waals surface area contributed by atoms with Gasteiger partial charge in [-0.15, -0.1) is 0 Å². The number of para-hydroxylation sites is 1. The minimum atomic E-state index is -1.04. The Morgan fingerprint density at radius 1 is 1.13 bits per heavy atom. The van der Waals surface area contributed by atoms with Crippen LogP contribution in [0.25, 0.3) is 16.8 Å². The molecule has 0 unspecified atom stereocenters. The maximum absolute atomic E-state index is 13.0. The lowest BCUT2D eigenvalue weighted by Crippen LogP contribution is -2.25. The summed E-state index contributed by atoms with van der Waals surface area (Å²) in [7, 11) is 0. The highest BCUT2D eigenvalue weighted by Crippen LogP contribution is 2.28. The minimum absolute atomic E-state index is 0.0245. The Labute approximate surface area is 172 Å². The molecule has 0 radical (unpaired) electrons. The molecule has 150 valence electrons. The number of aromatic amines is 1. The van der Waals surface area contributed by atoms with Crippen LogP contribution in [0.4, 0.5) is 0 Å². The number of carbonyl (C=O) groups is 2. The number of benzene rings is 1. The summed E-state index contributed by atoms with van der Waals surface area (Å²) in [5.41, 5.74) is 2.12. The number of hydrogen-bond donors (Lipinski definition) is 1. The second-order valence-corrected chi connectivity index (χ2v) is 7.00. The molecule has 1 N–H and O–H groups in total. The molecule has 0 spiro atoms. The van der Waals surface area contributed by atoms with E-state index >= 15 is 0 Å². The monoisotopic (exact) mass is 401 g/mol. The molecule has 3 heterocycles. The van der Waals surface area contributed by atoms with Crippen molar-refractivity contribution in [1.29, 1.82) is 5.26 Å². The summed E-state index contributed by atoms with van der Waals surface area (Å²) in [6.45, 7) is 4.91. The molecule has 4 aromatic rings. The fourth-order valence-electron chi connectivity index (χ4n) is 3.60. The molecular formula is C23H19N3O4. The van der Waals surface area contributed by atoms with Crippen LogP contribution in [0.5, 0.6) is 0 Å². The van der Waals surface area contributed by atoms with Crippen LogP contribution in [0.2, 0.25) is 0 Å². The van der Waals surface area contributed by atoms with Gasteiger partial charge in [-0.3, -0.25) is 9.36 Å². The third kappa shape index (κ3) is 3.08. The Morgan fingerprint density at radius 2 is 1.83 bits per heavy atom. The number of nitrogens with one attached hydrogen (secondary N) is 1. The molecule has 7 nitrogen and oxygen atoms in total. The lowest BCUT2D eigenvalue weighted by atomic mass is 10.0. The lowest BCUT2D eigenvalue weighted by molar-refractivity contribution is 0.0317. The van der Waals surface area contributed by atoms with Crippen LogP contribution < -0.4 is 0 Å². The highest BCUT2D eigenvalue weighted by atomic mass is 16.5. The fourth-order valence-corrected chi connectivity index (χ4v) is 3.60. The smallest absolute Gasteiger partial charge is 0.343 e. The average Bonchev–Trinajstić information content (AvgIpc) is 3.43. The van der Waals surface area contributed by atoms with Crippen molar-refractivity contribution in [3.63, 3.8) is 0 Å². The van der Waals surface area contributed by atoms with Crippen molar-refractivity contribution in [3.05, 3.63) is 76.9 Å². The molecule has 1 aromatic carbocycles. The van der Waals surface area contributed by atoms with Crippen LogP contribution in [-0.2, 0) is 4.74 Å². The molecule has 0 fully saturated rings. The van der Waals surface area contributed by atoms with Crippen LogP contribution in [-0.4, -0.2) is 27.4 Å². The number of aromatic nitrogens is 2. The van der Waals surface area contributed by atoms with Gasteiger partial charge in [-0.25, -0.2) is 4.79 Å². The Kier molecular flexibility index (Phi) is 4.76. The molecule has 30 heavy (non-hydrogen) atoms. The van der Waals surface area contributed by atoms with E-state index in [1.54, 1.807) is 42.9 Å². The van der Waals surface area contributed by atoms with E-state index in [1.807, 2.05) is 30.3 Å². The largest absolute Gasteiger partial charge is 0.451 e. The molecule has 0 saturated carbocycles. The number of H-pyrrole nitrogens is 1. The number of nitriles is 1. The molecule has 0 aliphatic rings. The zero-order chi connectivity index (χ0) is 21.4. The standard InChI is InChI=1S/C23H19N3O4/c1-13-19(16-8-4-5-9-18(16)25-13)21(27)15(3)30-23(28)20-14(2)29-22(17(20)12-24)26-10-6-7-11-26/h4-11,15,25H,1-3H3/t15-/m1/s1. The first-order valence-corrected chi connectivity index (χ1v) is 9.41. The fraction of sp³-hybridized carbons (Fsp3) is 0.174. The van der Waals surface area contributed by atoms with Crippen molar-refractivity contribution in [2.45, 2.75) is 26.9 Å². The molecule has 0 bridgehead atoms. The van der Waals surface area contributed by atoms with E-state index in [0.29, 0.717) is 11.3 Å². The topological polar surface area (TPSA) is 101 Å². The maximum Gasteiger partial charge on any atom is 0.343 e. The SMILES string of the molecule is Cc1[nH]c2ccccc2c1C(=O)[C@@H](C)OC(=O)c1c(C)oc(-n2cccc2)c1C#N. The quantitative estimate of drug-likeness (QED) is 0.393. The number of rotatable bonds is 5. The molecule has 0 saturated heterocycles. The summed E-state index contributed by atoms with van der Waals surface area (Å²) < 4.78 is 12.7. The number of nitrogens with zero attached hydrogens (tertiary/aromatic N) is 2. The highest BCUT2D eigenvalue weighted by Gasteiger charge is 2.30. The van der Waals surface area contributed by atoms with Crippen molar-refractivity contribution in [2.75, 3.05) is 0 Å². The highest BCUT2D eigenvalue weighted by molar-refractivity contribution is 6.11. The Morgan fingerprint density at radius 3 is 2.53 bits per heavy atom. The number of fused-ring (bicyclic) bond motifs is 1. The third-order valence-electron chi connectivity index (χ3n) is 5.01. The van der Waals surface area contributed by atoms with E-state index in [4.69, 9.17) is 9.15 Å². The van der Waals surface area contributed by atoms with Gasteiger partial charge >= 0.3 is 5.97 Å². The molecule has 0 amide bonds. The predicted molar refractivity (Wildman–Crippen MR) is 110 cm³/mol. The summed E-state index contributed by atoms with van der Waals surface area (Å²) in [5, 5.41) is 10.4. The van der Waals surface area contributed by atoms with E-state index in [-0.39, 0.29) is 28.6 Å². The van der Waals surface area contributed by atoms with Crippen LogP contribution in [0, 0.1) is 25.2 Å². The van der Waals surface area contributed by atoms with Gasteiger partial charge in [0.15, 0.2) is 6.10 Å². The normalized spacial score (nSPS) is 11.9. The van der Waals surface area contributed by atoms with Gasteiger partial charge < -0.3 is 14.1 Å². The van der Waals surface area contributed by atoms with Crippen molar-refractivity contribution in [3.8, 4) is 12.0 Å². The van der Waals surface area contributed by atoms with E-state index < -0.39 is 12.1 Å². The number of aryl methyl sites for hydroxylation is 2. The maximum atomic E-state index is 13.0. The van der Waals surface area contributed by atoms with E-state index in [2.05, 4.69) is 4.98 Å². The van der Waals surface area contributed by atoms with Crippen molar-refractivity contribution < 1.29 is 18.7 Å². The molecule has 4 rings (SSSR count). The van der Waals surface area contributed by atoms with Crippen molar-refractivity contribution in [1.82, 2.24) is 9.55 Å². The van der Waals surface area contributed by atoms with Gasteiger partial charge in [0.1, 0.15) is 23.0 Å². The second kappa shape index (κ2) is 7.41. The van der Waals surface area contributed by atoms with Gasteiger partial charge in [0.2, 0.25) is 11.7 Å². The van der Waals surface area contributed by atoms with E-state index in [9.17, 15) is 14.9 Å². The zero-order valence-electron chi connectivity index (χ0n) is 16.7. The first kappa shape index (κ1) is 19.3. The molecule has 0 aliphatic carbocycles. The molecule has 7 heteroatoms. The van der Waals surface area contributed by atoms with Crippen LogP contribution in [0.3, 0.4) is 0 Å². The second-order valence-electron chi connectivity index (χ2n) is 7.00. The van der Waals surface area contributed by atoms with E-state index in [0.717, 1.165) is 10.9 Å². The first-order valence-electron chi connectivity index (χ1n) is 9.41. The summed E-state index contributed by atoms with van der Waals surface area (Å²) in [6, 6.07) is 13.0. The summed E-state index contributed by atoms with van der Waals surface area (Å²) in [5.74, 6) is -0.602. The Balaban J connectivity index is 1.64. The Hall–Kier alpha value is -4.05. The van der Waals surface area contributed by atoms with Crippen molar-refractivity contribution >= 4 is 22.7 Å². The number of hydrogen-bond acceptors (Lipinski definition) is 5. The van der Waals surface area contributed by atoms with Crippen LogP contribution in [0.15, 0.2) is 53.2 Å².